The molecular weight excluding hydrogens is 435 g/mol. The molecule has 4 aromatic rings. The molecule has 31 heavy (non-hydrogen) atoms. The molecule has 3 heterocycles. The molecule has 1 unspecified atom stereocenters. The summed E-state index contributed by atoms with van der Waals surface area (Å²) >= 11 is 7.62. The average molecular weight is 453 g/mol. The molecule has 0 radical (unpaired) electrons. The SMILES string of the molecule is NC(=O)C1CCN1c1ccc(Cc2cc3scnc3c(-c3cccc(Cl)c3)c2F)cn1. The Morgan fingerprint density at radius 1 is 1.26 bits per heavy atom. The van der Waals surface area contributed by atoms with Crippen LogP contribution in [-0.2, 0) is 11.2 Å². The lowest BCUT2D eigenvalue weighted by Gasteiger charge is -2.39. The van der Waals surface area contributed by atoms with Crippen molar-refractivity contribution in [3.8, 4) is 11.1 Å². The van der Waals surface area contributed by atoms with Crippen LogP contribution in [0.25, 0.3) is 21.3 Å². The van der Waals surface area contributed by atoms with Gasteiger partial charge in [-0.3, -0.25) is 4.79 Å². The van der Waals surface area contributed by atoms with E-state index in [2.05, 4.69) is 9.97 Å². The minimum Gasteiger partial charge on any atom is -0.368 e. The predicted molar refractivity (Wildman–Crippen MR) is 122 cm³/mol. The minimum atomic E-state index is -0.342. The first-order valence-corrected chi connectivity index (χ1v) is 11.1. The third kappa shape index (κ3) is 3.64. The van der Waals surface area contributed by atoms with Crippen LogP contribution in [0.4, 0.5) is 10.2 Å². The standard InChI is InChI=1S/C23H18ClFN4OS/c24-16-3-1-2-14(9-16)20-21(25)15(10-18-22(20)28-12-31-18)8-13-4-5-19(27-11-13)29-7-6-17(29)23(26)30/h1-5,9-12,17H,6-8H2,(H2,26,30). The first kappa shape index (κ1) is 19.9. The van der Waals surface area contributed by atoms with Gasteiger partial charge in [0, 0.05) is 29.7 Å². The number of rotatable bonds is 5. The van der Waals surface area contributed by atoms with Gasteiger partial charge in [-0.05, 0) is 47.4 Å². The molecule has 8 heteroatoms. The van der Waals surface area contributed by atoms with Crippen LogP contribution in [-0.4, -0.2) is 28.5 Å². The molecule has 5 rings (SSSR count). The number of pyridine rings is 1. The van der Waals surface area contributed by atoms with Crippen molar-refractivity contribution in [3.63, 3.8) is 0 Å². The van der Waals surface area contributed by atoms with Gasteiger partial charge >= 0.3 is 0 Å². The van der Waals surface area contributed by atoms with Crippen molar-refractivity contribution in [1.82, 2.24) is 9.97 Å². The van der Waals surface area contributed by atoms with Crippen LogP contribution in [0.1, 0.15) is 17.5 Å². The molecular formula is C23H18ClFN4OS. The zero-order chi connectivity index (χ0) is 21.5. The molecule has 0 bridgehead atoms. The summed E-state index contributed by atoms with van der Waals surface area (Å²) in [6, 6.07) is 12.5. The number of halogens is 2. The van der Waals surface area contributed by atoms with E-state index >= 15 is 4.39 Å². The van der Waals surface area contributed by atoms with Crippen LogP contribution in [0.15, 0.2) is 54.2 Å². The van der Waals surface area contributed by atoms with Gasteiger partial charge in [0.1, 0.15) is 17.7 Å². The van der Waals surface area contributed by atoms with Crippen LogP contribution in [0.5, 0.6) is 0 Å². The number of primary amides is 1. The molecule has 1 fully saturated rings. The number of benzene rings is 2. The molecule has 1 atom stereocenters. The third-order valence-electron chi connectivity index (χ3n) is 5.60. The summed E-state index contributed by atoms with van der Waals surface area (Å²) in [5.41, 5.74) is 10.4. The van der Waals surface area contributed by atoms with Gasteiger partial charge in [0.25, 0.3) is 0 Å². The van der Waals surface area contributed by atoms with E-state index in [-0.39, 0.29) is 17.8 Å². The summed E-state index contributed by atoms with van der Waals surface area (Å²) in [7, 11) is 0. The van der Waals surface area contributed by atoms with Gasteiger partial charge in [-0.15, -0.1) is 11.3 Å². The van der Waals surface area contributed by atoms with E-state index in [1.54, 1.807) is 29.9 Å². The van der Waals surface area contributed by atoms with E-state index < -0.39 is 0 Å². The number of nitrogens with zero attached hydrogens (tertiary/aromatic N) is 3. The molecule has 1 saturated heterocycles. The van der Waals surface area contributed by atoms with Gasteiger partial charge in [-0.2, -0.15) is 0 Å². The maximum Gasteiger partial charge on any atom is 0.240 e. The van der Waals surface area contributed by atoms with Crippen molar-refractivity contribution in [3.05, 3.63) is 76.1 Å². The molecule has 0 spiro atoms. The fraction of sp³-hybridized carbons (Fsp3) is 0.174. The Morgan fingerprint density at radius 3 is 2.81 bits per heavy atom. The highest BCUT2D eigenvalue weighted by Crippen LogP contribution is 2.36. The zero-order valence-electron chi connectivity index (χ0n) is 16.4. The fourth-order valence-corrected chi connectivity index (χ4v) is 4.87. The maximum atomic E-state index is 15.6. The lowest BCUT2D eigenvalue weighted by molar-refractivity contribution is -0.120. The van der Waals surface area contributed by atoms with E-state index in [1.165, 1.54) is 11.3 Å². The molecule has 0 aliphatic carbocycles. The first-order chi connectivity index (χ1) is 15.0. The highest BCUT2D eigenvalue weighted by molar-refractivity contribution is 7.16. The minimum absolute atomic E-state index is 0.301. The van der Waals surface area contributed by atoms with Crippen LogP contribution in [0.3, 0.4) is 0 Å². The molecule has 2 N–H and O–H groups in total. The van der Waals surface area contributed by atoms with Crippen LogP contribution in [0, 0.1) is 5.82 Å². The van der Waals surface area contributed by atoms with E-state index in [4.69, 9.17) is 17.3 Å². The van der Waals surface area contributed by atoms with Gasteiger partial charge in [0.2, 0.25) is 5.91 Å². The van der Waals surface area contributed by atoms with Crippen molar-refractivity contribution in [1.29, 1.82) is 0 Å². The largest absolute Gasteiger partial charge is 0.368 e. The number of carbonyl (C=O) groups is 1. The van der Waals surface area contributed by atoms with Gasteiger partial charge in [-0.1, -0.05) is 29.8 Å². The molecule has 1 amide bonds. The highest BCUT2D eigenvalue weighted by atomic mass is 35.5. The second-order valence-corrected chi connectivity index (χ2v) is 8.86. The number of aromatic nitrogens is 2. The summed E-state index contributed by atoms with van der Waals surface area (Å²) in [4.78, 5) is 22.2. The smallest absolute Gasteiger partial charge is 0.240 e. The highest BCUT2D eigenvalue weighted by Gasteiger charge is 2.33. The summed E-state index contributed by atoms with van der Waals surface area (Å²) in [5, 5.41) is 0.547. The van der Waals surface area contributed by atoms with Gasteiger partial charge in [-0.25, -0.2) is 14.4 Å². The quantitative estimate of drug-likeness (QED) is 0.472. The first-order valence-electron chi connectivity index (χ1n) is 9.82. The van der Waals surface area contributed by atoms with Gasteiger partial charge in [0.05, 0.1) is 15.7 Å². The van der Waals surface area contributed by atoms with Crippen LogP contribution >= 0.6 is 22.9 Å². The summed E-state index contributed by atoms with van der Waals surface area (Å²) in [6.45, 7) is 0.750. The fourth-order valence-electron chi connectivity index (χ4n) is 3.94. The van der Waals surface area contributed by atoms with Gasteiger partial charge in [0.15, 0.2) is 0 Å². The number of hydrogen-bond donors (Lipinski definition) is 1. The predicted octanol–water partition coefficient (Wildman–Crippen LogP) is 4.81. The number of hydrogen-bond acceptors (Lipinski definition) is 5. The Hall–Kier alpha value is -3.03. The van der Waals surface area contributed by atoms with Crippen molar-refractivity contribution in [2.24, 2.45) is 5.73 Å². The Kier molecular flexibility index (Phi) is 5.08. The number of nitrogens with two attached hydrogens (primary N) is 1. The number of anilines is 1. The molecule has 5 nitrogen and oxygen atoms in total. The summed E-state index contributed by atoms with van der Waals surface area (Å²) < 4.78 is 16.6. The molecule has 2 aromatic heterocycles. The Morgan fingerprint density at radius 2 is 2.13 bits per heavy atom. The number of thiazole rings is 1. The van der Waals surface area contributed by atoms with Crippen molar-refractivity contribution < 1.29 is 9.18 Å². The zero-order valence-corrected chi connectivity index (χ0v) is 18.0. The second-order valence-electron chi connectivity index (χ2n) is 7.54. The van der Waals surface area contributed by atoms with Crippen molar-refractivity contribution in [2.45, 2.75) is 18.9 Å². The molecule has 2 aromatic carbocycles. The van der Waals surface area contributed by atoms with E-state index in [0.29, 0.717) is 39.5 Å². The number of amides is 1. The van der Waals surface area contributed by atoms with Crippen LogP contribution in [0.2, 0.25) is 5.02 Å². The van der Waals surface area contributed by atoms with Crippen LogP contribution < -0.4 is 10.6 Å². The second kappa shape index (κ2) is 7.90. The number of carbonyl (C=O) groups excluding carboxylic acids is 1. The molecule has 156 valence electrons. The van der Waals surface area contributed by atoms with Crippen molar-refractivity contribution in [2.75, 3.05) is 11.4 Å². The normalized spacial score (nSPS) is 15.8. The van der Waals surface area contributed by atoms with E-state index in [9.17, 15) is 4.79 Å². The summed E-state index contributed by atoms with van der Waals surface area (Å²) in [5.74, 6) is 0.0590. The third-order valence-corrected chi connectivity index (χ3v) is 6.61. The molecule has 1 aliphatic heterocycles. The summed E-state index contributed by atoms with van der Waals surface area (Å²) in [6.07, 6.45) is 2.85. The average Bonchev–Trinajstić information content (AvgIpc) is 3.16. The maximum absolute atomic E-state index is 15.6. The lowest BCUT2D eigenvalue weighted by atomic mass is 9.97. The Labute approximate surface area is 187 Å². The Balaban J connectivity index is 1.49. The van der Waals surface area contributed by atoms with E-state index in [0.717, 1.165) is 23.2 Å². The Bertz CT molecular complexity index is 1290. The van der Waals surface area contributed by atoms with Gasteiger partial charge < -0.3 is 10.6 Å². The monoisotopic (exact) mass is 452 g/mol. The number of fused-ring (bicyclic) bond motifs is 1. The van der Waals surface area contributed by atoms with E-state index in [1.807, 2.05) is 29.2 Å². The molecule has 1 aliphatic rings. The lowest BCUT2D eigenvalue weighted by Crippen LogP contribution is -2.55. The molecule has 0 saturated carbocycles. The van der Waals surface area contributed by atoms with Crippen molar-refractivity contribution >= 4 is 44.9 Å². The topological polar surface area (TPSA) is 72.1 Å².